The first kappa shape index (κ1) is 36.1. The second kappa shape index (κ2) is 17.4. The summed E-state index contributed by atoms with van der Waals surface area (Å²) >= 11 is 6.40. The van der Waals surface area contributed by atoms with Gasteiger partial charge in [0.15, 0.2) is 0 Å². The minimum Gasteiger partial charge on any atom is -0.492 e. The number of amides is 4. The molecule has 0 spiro atoms. The Labute approximate surface area is 279 Å². The van der Waals surface area contributed by atoms with Gasteiger partial charge in [-0.2, -0.15) is 0 Å². The highest BCUT2D eigenvalue weighted by Gasteiger charge is 2.31. The summed E-state index contributed by atoms with van der Waals surface area (Å²) in [6, 6.07) is 2.23. The maximum atomic E-state index is 13.5. The van der Waals surface area contributed by atoms with Crippen LogP contribution >= 0.6 is 11.6 Å². The molecule has 0 aliphatic carbocycles. The molecule has 0 radical (unpaired) electrons. The van der Waals surface area contributed by atoms with Gasteiger partial charge in [0.2, 0.25) is 17.7 Å². The smallest absolute Gasteiger partial charge is 0.252 e. The first-order valence-corrected chi connectivity index (χ1v) is 16.6. The lowest BCUT2D eigenvalue weighted by molar-refractivity contribution is -0.138. The molecule has 1 aromatic carbocycles. The van der Waals surface area contributed by atoms with Gasteiger partial charge in [-0.15, -0.1) is 5.10 Å². The van der Waals surface area contributed by atoms with Crippen molar-refractivity contribution in [3.63, 3.8) is 0 Å². The third-order valence-corrected chi connectivity index (χ3v) is 8.46. The second-order valence-corrected chi connectivity index (χ2v) is 12.9. The average Bonchev–Trinajstić information content (AvgIpc) is 3.50. The number of carbonyl (C=O) groups excluding carboxylic acids is 4. The Morgan fingerprint density at radius 3 is 2.53 bits per heavy atom. The molecule has 15 heteroatoms. The molecule has 0 saturated carbocycles. The molecule has 1 aromatic heterocycles. The van der Waals surface area contributed by atoms with Crippen molar-refractivity contribution in [2.75, 3.05) is 39.5 Å². The van der Waals surface area contributed by atoms with Crippen molar-refractivity contribution in [2.45, 2.75) is 77.6 Å². The molecule has 3 aliphatic heterocycles. The maximum absolute atomic E-state index is 13.5. The van der Waals surface area contributed by atoms with Crippen molar-refractivity contribution in [1.29, 1.82) is 0 Å². The van der Waals surface area contributed by atoms with Crippen LogP contribution in [0.2, 0.25) is 5.02 Å². The summed E-state index contributed by atoms with van der Waals surface area (Å²) in [5.41, 5.74) is 0.903. The van der Waals surface area contributed by atoms with Crippen LogP contribution in [-0.2, 0) is 32.1 Å². The van der Waals surface area contributed by atoms with Crippen LogP contribution in [0.3, 0.4) is 0 Å². The van der Waals surface area contributed by atoms with Crippen molar-refractivity contribution in [3.05, 3.63) is 40.7 Å². The Morgan fingerprint density at radius 2 is 1.83 bits per heavy atom. The number of aliphatic hydroxyl groups excluding tert-OH is 1. The molecule has 5 rings (SSSR count). The molecule has 14 nitrogen and oxygen atoms in total. The monoisotopic (exact) mass is 675 g/mol. The van der Waals surface area contributed by atoms with Crippen LogP contribution in [0.15, 0.2) is 24.4 Å². The van der Waals surface area contributed by atoms with E-state index in [0.717, 1.165) is 5.69 Å². The van der Waals surface area contributed by atoms with Gasteiger partial charge in [-0.1, -0.05) is 30.7 Å². The molecule has 4 heterocycles. The Kier molecular flexibility index (Phi) is 13.4. The fourth-order valence-electron chi connectivity index (χ4n) is 5.55. The van der Waals surface area contributed by atoms with Crippen LogP contribution in [0.5, 0.6) is 5.75 Å². The molecule has 258 valence electrons. The Balaban J connectivity index is 1.55. The number of fused-ring (bicyclic) bond motifs is 17. The molecule has 4 amide bonds. The number of halogens is 1. The summed E-state index contributed by atoms with van der Waals surface area (Å²) in [5.74, 6) is -1.50. The van der Waals surface area contributed by atoms with Crippen LogP contribution in [0.25, 0.3) is 0 Å². The molecule has 47 heavy (non-hydrogen) atoms. The topological polar surface area (TPSA) is 177 Å². The fourth-order valence-corrected chi connectivity index (χ4v) is 5.78. The molecule has 4 N–H and O–H groups in total. The third-order valence-electron chi connectivity index (χ3n) is 8.16. The largest absolute Gasteiger partial charge is 0.492 e. The molecule has 0 unspecified atom stereocenters. The average molecular weight is 676 g/mol. The third kappa shape index (κ3) is 10.6. The highest BCUT2D eigenvalue weighted by Crippen LogP contribution is 2.26. The van der Waals surface area contributed by atoms with E-state index >= 15 is 0 Å². The van der Waals surface area contributed by atoms with Crippen LogP contribution in [0.1, 0.15) is 62.5 Å². The van der Waals surface area contributed by atoms with Crippen molar-refractivity contribution in [3.8, 4) is 5.75 Å². The van der Waals surface area contributed by atoms with Crippen LogP contribution in [0.4, 0.5) is 0 Å². The van der Waals surface area contributed by atoms with E-state index in [1.807, 2.05) is 20.0 Å². The molecule has 2 aromatic rings. The van der Waals surface area contributed by atoms with Gasteiger partial charge in [0, 0.05) is 69.9 Å². The number of ether oxygens (including phenoxy) is 2. The maximum Gasteiger partial charge on any atom is 0.252 e. The summed E-state index contributed by atoms with van der Waals surface area (Å²) in [6.45, 7) is 7.98. The van der Waals surface area contributed by atoms with Crippen LogP contribution in [-0.4, -0.2) is 106 Å². The number of nitrogens with one attached hydrogen (secondary N) is 3. The minimum atomic E-state index is -1.34. The number of hydrogen-bond acceptors (Lipinski definition) is 9. The van der Waals surface area contributed by atoms with Gasteiger partial charge in [0.1, 0.15) is 17.8 Å². The summed E-state index contributed by atoms with van der Waals surface area (Å²) in [4.78, 5) is 55.1. The highest BCUT2D eigenvalue weighted by molar-refractivity contribution is 6.32. The molecular weight excluding hydrogens is 630 g/mol. The summed E-state index contributed by atoms with van der Waals surface area (Å²) in [6.07, 6.45) is 3.27. The van der Waals surface area contributed by atoms with Gasteiger partial charge >= 0.3 is 0 Å². The normalized spacial score (nSPS) is 22.1. The number of aryl methyl sites for hydroxylation is 1. The van der Waals surface area contributed by atoms with Gasteiger partial charge in [0.25, 0.3) is 5.91 Å². The van der Waals surface area contributed by atoms with Crippen LogP contribution < -0.4 is 20.7 Å². The number of benzene rings is 1. The number of aliphatic hydroxyl groups is 1. The number of rotatable bonds is 4. The van der Waals surface area contributed by atoms with E-state index in [2.05, 4.69) is 26.3 Å². The molecular formula is C32H46ClN7O7. The predicted octanol–water partition coefficient (Wildman–Crippen LogP) is 1.34. The summed E-state index contributed by atoms with van der Waals surface area (Å²) in [7, 11) is 0. The fraction of sp³-hybridized carbons (Fsp3) is 0.625. The molecule has 4 bridgehead atoms. The Morgan fingerprint density at radius 1 is 1.06 bits per heavy atom. The quantitative estimate of drug-likeness (QED) is 0.348. The zero-order valence-corrected chi connectivity index (χ0v) is 28.0. The predicted molar refractivity (Wildman–Crippen MR) is 173 cm³/mol. The second-order valence-electron chi connectivity index (χ2n) is 12.5. The van der Waals surface area contributed by atoms with E-state index in [-0.39, 0.29) is 41.4 Å². The zero-order chi connectivity index (χ0) is 33.9. The van der Waals surface area contributed by atoms with E-state index < -0.39 is 35.9 Å². The van der Waals surface area contributed by atoms with Crippen molar-refractivity contribution < 1.29 is 33.8 Å². The standard InChI is InChI=1S/C32H46ClN7O7/c1-20(2)17-26-30(43)34-10-13-39(32(45)22-8-15-46-16-9-22)12-7-24-19-40(38-37-24)11-4-14-47-27-6-5-23(18-25(27)33)29(42)36-28(21(3)41)31(44)35-26/h5-6,18-22,26,28,41H,4,7-17H2,1-3H3,(H,34,43)(H,35,44)(H,36,42)/t21-,26-,28+/m1/s1. The lowest BCUT2D eigenvalue weighted by atomic mass is 9.98. The zero-order valence-electron chi connectivity index (χ0n) is 27.2. The van der Waals surface area contributed by atoms with Gasteiger partial charge < -0.3 is 35.4 Å². The van der Waals surface area contributed by atoms with E-state index in [9.17, 15) is 24.3 Å². The first-order valence-electron chi connectivity index (χ1n) is 16.3. The van der Waals surface area contributed by atoms with Gasteiger partial charge in [-0.25, -0.2) is 0 Å². The van der Waals surface area contributed by atoms with E-state index in [1.165, 1.54) is 19.1 Å². The lowest BCUT2D eigenvalue weighted by Crippen LogP contribution is -2.57. The van der Waals surface area contributed by atoms with Gasteiger partial charge in [-0.3, -0.25) is 23.9 Å². The van der Waals surface area contributed by atoms with Crippen molar-refractivity contribution >= 4 is 35.2 Å². The van der Waals surface area contributed by atoms with Crippen molar-refractivity contribution in [2.24, 2.45) is 11.8 Å². The summed E-state index contributed by atoms with van der Waals surface area (Å²) < 4.78 is 13.0. The van der Waals surface area contributed by atoms with E-state index in [4.69, 9.17) is 21.1 Å². The minimum absolute atomic E-state index is 0.00232. The summed E-state index contributed by atoms with van der Waals surface area (Å²) in [5, 5.41) is 27.3. The van der Waals surface area contributed by atoms with Crippen LogP contribution in [0, 0.1) is 11.8 Å². The molecule has 3 aliphatic rings. The number of carbonyl (C=O) groups is 4. The SMILES string of the molecule is CC(C)C[C@H]1NC(=O)[C@H]([C@@H](C)O)NC(=O)c2ccc(c(Cl)c2)OCCCn2cc(nn2)CCN(C(=O)C2CCOCC2)CCNC1=O. The lowest BCUT2D eigenvalue weighted by Gasteiger charge is -2.30. The molecule has 3 atom stereocenters. The number of aromatic nitrogens is 3. The number of hydrogen-bond donors (Lipinski definition) is 4. The Bertz CT molecular complexity index is 1380. The van der Waals surface area contributed by atoms with E-state index in [0.29, 0.717) is 70.8 Å². The van der Waals surface area contributed by atoms with Gasteiger partial charge in [0.05, 0.1) is 23.4 Å². The van der Waals surface area contributed by atoms with Gasteiger partial charge in [-0.05, 0) is 50.3 Å². The molecule has 1 saturated heterocycles. The first-order chi connectivity index (χ1) is 22.5. The molecule has 1 fully saturated rings. The highest BCUT2D eigenvalue weighted by atomic mass is 35.5. The Hall–Kier alpha value is -3.75. The van der Waals surface area contributed by atoms with E-state index in [1.54, 1.807) is 15.6 Å². The number of nitrogens with zero attached hydrogens (tertiary/aromatic N) is 4. The van der Waals surface area contributed by atoms with Crippen molar-refractivity contribution in [1.82, 2.24) is 35.8 Å².